The molecule has 0 bridgehead atoms. The van der Waals surface area contributed by atoms with Gasteiger partial charge < -0.3 is 10.2 Å². The van der Waals surface area contributed by atoms with Crippen LogP contribution in [0.1, 0.15) is 48.8 Å². The van der Waals surface area contributed by atoms with E-state index in [0.29, 0.717) is 18.4 Å². The van der Waals surface area contributed by atoms with Crippen LogP contribution in [0.4, 0.5) is 4.39 Å². The molecule has 2 aromatic rings. The van der Waals surface area contributed by atoms with E-state index < -0.39 is 0 Å². The van der Waals surface area contributed by atoms with Gasteiger partial charge in [-0.05, 0) is 36.5 Å². The maximum Gasteiger partial charge on any atom is 0.223 e. The number of hydrogen-bond donors (Lipinski definition) is 1. The molecule has 2 unspecified atom stereocenters. The van der Waals surface area contributed by atoms with Crippen LogP contribution in [-0.4, -0.2) is 40.2 Å². The number of benzene rings is 1. The quantitative estimate of drug-likeness (QED) is 0.880. The number of aromatic nitrogens is 2. The van der Waals surface area contributed by atoms with E-state index in [0.717, 1.165) is 24.9 Å². The van der Waals surface area contributed by atoms with E-state index in [1.54, 1.807) is 16.8 Å². The highest BCUT2D eigenvalue weighted by atomic mass is 19.1. The lowest BCUT2D eigenvalue weighted by Gasteiger charge is -2.27. The normalized spacial score (nSPS) is 28.3. The van der Waals surface area contributed by atoms with Crippen LogP contribution in [0.25, 0.3) is 0 Å². The molecule has 1 aliphatic carbocycles. The fourth-order valence-electron chi connectivity index (χ4n) is 4.84. The lowest BCUT2D eigenvalue weighted by atomic mass is 9.92. The number of halogens is 1. The molecule has 27 heavy (non-hydrogen) atoms. The number of likely N-dealkylation sites (tertiary alicyclic amines) is 1. The summed E-state index contributed by atoms with van der Waals surface area (Å²) in [5, 5.41) is 8.01. The first kappa shape index (κ1) is 18.2. The van der Waals surface area contributed by atoms with Crippen molar-refractivity contribution >= 4 is 5.91 Å². The van der Waals surface area contributed by atoms with E-state index >= 15 is 0 Å². The molecule has 6 heteroatoms. The highest BCUT2D eigenvalue weighted by Gasteiger charge is 2.39. The minimum atomic E-state index is -0.187. The molecule has 5 nitrogen and oxygen atoms in total. The predicted molar refractivity (Wildman–Crippen MR) is 102 cm³/mol. The second-order valence-electron chi connectivity index (χ2n) is 7.96. The maximum absolute atomic E-state index is 13.2. The molecule has 0 spiro atoms. The summed E-state index contributed by atoms with van der Waals surface area (Å²) in [6, 6.07) is 7.37. The van der Waals surface area contributed by atoms with Gasteiger partial charge in [-0.1, -0.05) is 18.6 Å². The van der Waals surface area contributed by atoms with Crippen LogP contribution in [-0.2, 0) is 11.8 Å². The molecule has 4 atom stereocenters. The van der Waals surface area contributed by atoms with Gasteiger partial charge in [-0.25, -0.2) is 4.39 Å². The van der Waals surface area contributed by atoms with Crippen molar-refractivity contribution in [2.75, 3.05) is 13.6 Å². The van der Waals surface area contributed by atoms with Crippen LogP contribution in [0.15, 0.2) is 36.7 Å². The molecule has 1 aliphatic heterocycles. The van der Waals surface area contributed by atoms with E-state index in [4.69, 9.17) is 0 Å². The average molecular weight is 370 g/mol. The van der Waals surface area contributed by atoms with Crippen LogP contribution in [0.5, 0.6) is 0 Å². The number of hydrogen-bond acceptors (Lipinski definition) is 3. The molecule has 2 aliphatic rings. The smallest absolute Gasteiger partial charge is 0.223 e. The van der Waals surface area contributed by atoms with Crippen molar-refractivity contribution in [1.82, 2.24) is 20.0 Å². The lowest BCUT2D eigenvalue weighted by Crippen LogP contribution is -2.36. The van der Waals surface area contributed by atoms with Crippen molar-refractivity contribution in [3.8, 4) is 0 Å². The number of carbonyl (C=O) groups is 1. The Bertz CT molecular complexity index is 803. The molecule has 4 rings (SSSR count). The van der Waals surface area contributed by atoms with Crippen LogP contribution in [0, 0.1) is 11.7 Å². The highest BCUT2D eigenvalue weighted by molar-refractivity contribution is 5.79. The summed E-state index contributed by atoms with van der Waals surface area (Å²) in [5.41, 5.74) is 2.30. The fourth-order valence-corrected chi connectivity index (χ4v) is 4.84. The van der Waals surface area contributed by atoms with Crippen LogP contribution in [0.2, 0.25) is 0 Å². The van der Waals surface area contributed by atoms with Crippen molar-refractivity contribution in [2.45, 2.75) is 43.7 Å². The number of aryl methyl sites for hydroxylation is 1. The third-order valence-electron chi connectivity index (χ3n) is 6.22. The number of amides is 1. The third kappa shape index (κ3) is 3.63. The predicted octanol–water partition coefficient (Wildman–Crippen LogP) is 3.00. The summed E-state index contributed by atoms with van der Waals surface area (Å²) >= 11 is 0. The standard InChI is InChI=1S/C21H27FN4O/c1-25-13-16(12-24-25)21-15(10-20(27)26(21)2)11-23-19-5-3-4-18(19)14-6-8-17(22)9-7-14/h6-9,12-13,15,18-19,21,23H,3-5,10-11H2,1-2H3/t15-,18?,19?,21+/m0/s1. The molecule has 1 N–H and O–H groups in total. The van der Waals surface area contributed by atoms with Crippen molar-refractivity contribution in [3.05, 3.63) is 53.6 Å². The zero-order valence-corrected chi connectivity index (χ0v) is 15.9. The SMILES string of the molecule is CN1C(=O)C[C@@H](CNC2CCCC2c2ccc(F)cc2)[C@@H]1c1cnn(C)c1. The minimum Gasteiger partial charge on any atom is -0.338 e. The number of nitrogens with one attached hydrogen (secondary N) is 1. The number of carbonyl (C=O) groups excluding carboxylic acids is 1. The summed E-state index contributed by atoms with van der Waals surface area (Å²) in [7, 11) is 3.79. The van der Waals surface area contributed by atoms with E-state index in [1.807, 2.05) is 43.5 Å². The Balaban J connectivity index is 1.45. The Kier molecular flexibility index (Phi) is 5.00. The molecule has 2 heterocycles. The zero-order valence-electron chi connectivity index (χ0n) is 15.9. The minimum absolute atomic E-state index is 0.0735. The van der Waals surface area contributed by atoms with Gasteiger partial charge in [-0.3, -0.25) is 9.48 Å². The van der Waals surface area contributed by atoms with Crippen molar-refractivity contribution in [2.24, 2.45) is 13.0 Å². The van der Waals surface area contributed by atoms with Gasteiger partial charge in [-0.15, -0.1) is 0 Å². The van der Waals surface area contributed by atoms with Gasteiger partial charge in [0, 0.05) is 50.8 Å². The molecule has 1 saturated heterocycles. The van der Waals surface area contributed by atoms with Crippen molar-refractivity contribution in [3.63, 3.8) is 0 Å². The Labute approximate surface area is 159 Å². The summed E-state index contributed by atoms with van der Waals surface area (Å²) in [6.45, 7) is 0.804. The topological polar surface area (TPSA) is 50.2 Å². The Morgan fingerprint density at radius 2 is 1.96 bits per heavy atom. The molecule has 2 fully saturated rings. The third-order valence-corrected chi connectivity index (χ3v) is 6.22. The second-order valence-corrected chi connectivity index (χ2v) is 7.96. The lowest BCUT2D eigenvalue weighted by molar-refractivity contribution is -0.127. The van der Waals surface area contributed by atoms with Gasteiger partial charge in [0.2, 0.25) is 5.91 Å². The first-order chi connectivity index (χ1) is 13.0. The van der Waals surface area contributed by atoms with Crippen molar-refractivity contribution < 1.29 is 9.18 Å². The van der Waals surface area contributed by atoms with Gasteiger partial charge in [-0.2, -0.15) is 5.10 Å². The number of rotatable bonds is 5. The average Bonchev–Trinajstić information content (AvgIpc) is 3.34. The van der Waals surface area contributed by atoms with E-state index in [9.17, 15) is 9.18 Å². The summed E-state index contributed by atoms with van der Waals surface area (Å²) in [5.74, 6) is 0.656. The van der Waals surface area contributed by atoms with Crippen LogP contribution in [0.3, 0.4) is 0 Å². The van der Waals surface area contributed by atoms with Gasteiger partial charge in [0.1, 0.15) is 5.82 Å². The largest absolute Gasteiger partial charge is 0.338 e. The summed E-state index contributed by atoms with van der Waals surface area (Å²) in [6.07, 6.45) is 7.86. The molecule has 0 radical (unpaired) electrons. The molecular weight excluding hydrogens is 343 g/mol. The molecule has 1 amide bonds. The van der Waals surface area contributed by atoms with E-state index in [1.165, 1.54) is 12.0 Å². The molecule has 1 saturated carbocycles. The first-order valence-corrected chi connectivity index (χ1v) is 9.76. The fraction of sp³-hybridized carbons (Fsp3) is 0.524. The van der Waals surface area contributed by atoms with Crippen LogP contribution < -0.4 is 5.32 Å². The summed E-state index contributed by atoms with van der Waals surface area (Å²) < 4.78 is 15.0. The monoisotopic (exact) mass is 370 g/mol. The Hall–Kier alpha value is -2.21. The van der Waals surface area contributed by atoms with Gasteiger partial charge in [0.25, 0.3) is 0 Å². The highest BCUT2D eigenvalue weighted by Crippen LogP contribution is 2.38. The van der Waals surface area contributed by atoms with E-state index in [-0.39, 0.29) is 23.7 Å². The Morgan fingerprint density at radius 3 is 2.67 bits per heavy atom. The maximum atomic E-state index is 13.2. The molecule has 1 aromatic heterocycles. The molecule has 144 valence electrons. The van der Waals surface area contributed by atoms with Gasteiger partial charge in [0.05, 0.1) is 12.2 Å². The molecular formula is C21H27FN4O. The molecule has 1 aromatic carbocycles. The van der Waals surface area contributed by atoms with E-state index in [2.05, 4.69) is 10.4 Å². The van der Waals surface area contributed by atoms with Gasteiger partial charge >= 0.3 is 0 Å². The Morgan fingerprint density at radius 1 is 1.19 bits per heavy atom. The summed E-state index contributed by atoms with van der Waals surface area (Å²) in [4.78, 5) is 14.2. The number of nitrogens with zero attached hydrogens (tertiary/aromatic N) is 3. The van der Waals surface area contributed by atoms with Gasteiger partial charge in [0.15, 0.2) is 0 Å². The zero-order chi connectivity index (χ0) is 19.0. The first-order valence-electron chi connectivity index (χ1n) is 9.76. The second kappa shape index (κ2) is 7.43. The van der Waals surface area contributed by atoms with Crippen molar-refractivity contribution in [1.29, 1.82) is 0 Å². The van der Waals surface area contributed by atoms with Crippen LogP contribution >= 0.6 is 0 Å².